The normalized spacial score (nSPS) is 12.4. The molecule has 0 aliphatic heterocycles. The van der Waals surface area contributed by atoms with Crippen molar-refractivity contribution >= 4 is 28.4 Å². The molecule has 0 spiro atoms. The van der Waals surface area contributed by atoms with Crippen molar-refractivity contribution in [2.45, 2.75) is 26.3 Å². The lowest BCUT2D eigenvalue weighted by molar-refractivity contribution is -0.122. The molecule has 1 heterocycles. The number of amides is 1. The third-order valence-corrected chi connectivity index (χ3v) is 4.64. The molecule has 0 saturated heterocycles. The summed E-state index contributed by atoms with van der Waals surface area (Å²) in [4.78, 5) is 16.6. The van der Waals surface area contributed by atoms with Crippen LogP contribution in [0.2, 0.25) is 5.02 Å². The summed E-state index contributed by atoms with van der Waals surface area (Å²) >= 11 is 6.35. The fraction of sp³-hybridized carbons (Fsp3) is 0.238. The lowest BCUT2D eigenvalue weighted by Gasteiger charge is -2.22. The number of benzene rings is 2. The van der Waals surface area contributed by atoms with Crippen molar-refractivity contribution in [1.82, 2.24) is 10.3 Å². The number of pyridine rings is 1. The number of nitrogens with one attached hydrogen (secondary N) is 1. The zero-order chi connectivity index (χ0) is 20.4. The Morgan fingerprint density at radius 2 is 1.96 bits per heavy atom. The average Bonchev–Trinajstić information content (AvgIpc) is 2.65. The summed E-state index contributed by atoms with van der Waals surface area (Å²) in [6.07, 6.45) is 1.74. The minimum absolute atomic E-state index is 0.0982. The van der Waals surface area contributed by atoms with E-state index in [0.29, 0.717) is 10.4 Å². The zero-order valence-electron chi connectivity index (χ0n) is 15.3. The maximum atomic E-state index is 13.8. The standard InChI is InChI=1S/C21H19ClF2N2O2/c1-11(2)8-18(27)26-19(12-5-6-16(23)17(24)9-12)14-10-15(22)13-4-3-7-25-20(13)21(14)28/h3-7,9-11,19,28H,8H2,1-2H3,(H,26,27). The Hall–Kier alpha value is -2.73. The molecule has 0 bridgehead atoms. The maximum absolute atomic E-state index is 13.8. The molecule has 2 aromatic carbocycles. The molecule has 4 nitrogen and oxygen atoms in total. The number of aromatic hydroxyl groups is 1. The number of aromatic nitrogens is 1. The van der Waals surface area contributed by atoms with Crippen LogP contribution >= 0.6 is 11.6 Å². The first-order valence-electron chi connectivity index (χ1n) is 8.78. The van der Waals surface area contributed by atoms with Gasteiger partial charge in [0.1, 0.15) is 11.3 Å². The van der Waals surface area contributed by atoms with E-state index in [1.54, 1.807) is 12.1 Å². The van der Waals surface area contributed by atoms with E-state index in [0.717, 1.165) is 12.1 Å². The molecular formula is C21H19ClF2N2O2. The molecule has 146 valence electrons. The first kappa shape index (κ1) is 20.0. The number of phenols is 1. The van der Waals surface area contributed by atoms with Crippen LogP contribution < -0.4 is 5.32 Å². The molecule has 7 heteroatoms. The van der Waals surface area contributed by atoms with Crippen LogP contribution in [-0.4, -0.2) is 16.0 Å². The molecule has 1 aromatic heterocycles. The number of hydrogen-bond acceptors (Lipinski definition) is 3. The number of halogens is 3. The SMILES string of the molecule is CC(C)CC(=O)NC(c1ccc(F)c(F)c1)c1cc(Cl)c2cccnc2c1O. The molecule has 1 amide bonds. The van der Waals surface area contributed by atoms with Crippen LogP contribution in [0.4, 0.5) is 8.78 Å². The number of nitrogens with zero attached hydrogens (tertiary/aromatic N) is 1. The number of hydrogen-bond donors (Lipinski definition) is 2. The van der Waals surface area contributed by atoms with Gasteiger partial charge in [0.15, 0.2) is 11.6 Å². The first-order chi connectivity index (χ1) is 13.3. The third kappa shape index (κ3) is 4.07. The van der Waals surface area contributed by atoms with Crippen molar-refractivity contribution in [3.05, 3.63) is 70.4 Å². The molecule has 3 aromatic rings. The molecule has 0 radical (unpaired) electrons. The van der Waals surface area contributed by atoms with E-state index in [1.807, 2.05) is 13.8 Å². The minimum Gasteiger partial charge on any atom is -0.505 e. The van der Waals surface area contributed by atoms with Crippen molar-refractivity contribution < 1.29 is 18.7 Å². The van der Waals surface area contributed by atoms with Gasteiger partial charge in [0.2, 0.25) is 5.91 Å². The van der Waals surface area contributed by atoms with Crippen molar-refractivity contribution in [1.29, 1.82) is 0 Å². The number of carbonyl (C=O) groups is 1. The summed E-state index contributed by atoms with van der Waals surface area (Å²) in [7, 11) is 0. The maximum Gasteiger partial charge on any atom is 0.221 e. The monoisotopic (exact) mass is 404 g/mol. The smallest absolute Gasteiger partial charge is 0.221 e. The molecule has 0 aliphatic carbocycles. The van der Waals surface area contributed by atoms with Gasteiger partial charge in [0, 0.05) is 23.6 Å². The van der Waals surface area contributed by atoms with Gasteiger partial charge in [-0.2, -0.15) is 0 Å². The second kappa shape index (κ2) is 8.10. The molecule has 2 N–H and O–H groups in total. The summed E-state index contributed by atoms with van der Waals surface area (Å²) in [5.41, 5.74) is 0.785. The summed E-state index contributed by atoms with van der Waals surface area (Å²) in [6.45, 7) is 3.78. The van der Waals surface area contributed by atoms with E-state index in [-0.39, 0.29) is 40.6 Å². The van der Waals surface area contributed by atoms with Crippen LogP contribution in [-0.2, 0) is 4.79 Å². The van der Waals surface area contributed by atoms with E-state index < -0.39 is 17.7 Å². The van der Waals surface area contributed by atoms with Gasteiger partial charge < -0.3 is 10.4 Å². The van der Waals surface area contributed by atoms with Gasteiger partial charge in [-0.25, -0.2) is 8.78 Å². The topological polar surface area (TPSA) is 62.2 Å². The largest absolute Gasteiger partial charge is 0.505 e. The Balaban J connectivity index is 2.15. The Kier molecular flexibility index (Phi) is 5.79. The zero-order valence-corrected chi connectivity index (χ0v) is 16.1. The Morgan fingerprint density at radius 3 is 2.64 bits per heavy atom. The second-order valence-corrected chi connectivity index (χ2v) is 7.38. The van der Waals surface area contributed by atoms with Gasteiger partial charge in [0.25, 0.3) is 0 Å². The van der Waals surface area contributed by atoms with E-state index >= 15 is 0 Å². The van der Waals surface area contributed by atoms with Crippen LogP contribution in [0, 0.1) is 17.6 Å². The summed E-state index contributed by atoms with van der Waals surface area (Å²) < 4.78 is 27.3. The average molecular weight is 405 g/mol. The van der Waals surface area contributed by atoms with Crippen molar-refractivity contribution in [2.24, 2.45) is 5.92 Å². The Morgan fingerprint density at radius 1 is 1.21 bits per heavy atom. The van der Waals surface area contributed by atoms with Crippen LogP contribution in [0.15, 0.2) is 42.6 Å². The molecular weight excluding hydrogens is 386 g/mol. The van der Waals surface area contributed by atoms with Crippen LogP contribution in [0.1, 0.15) is 37.4 Å². The quantitative estimate of drug-likeness (QED) is 0.620. The molecule has 1 atom stereocenters. The minimum atomic E-state index is -1.05. The number of fused-ring (bicyclic) bond motifs is 1. The van der Waals surface area contributed by atoms with Gasteiger partial charge in [-0.05, 0) is 41.8 Å². The molecule has 3 rings (SSSR count). The lowest BCUT2D eigenvalue weighted by Crippen LogP contribution is -2.30. The number of carbonyl (C=O) groups excluding carboxylic acids is 1. The van der Waals surface area contributed by atoms with Crippen LogP contribution in [0.25, 0.3) is 10.9 Å². The van der Waals surface area contributed by atoms with Gasteiger partial charge in [-0.1, -0.05) is 31.5 Å². The predicted octanol–water partition coefficient (Wildman–Crippen LogP) is 5.12. The highest BCUT2D eigenvalue weighted by molar-refractivity contribution is 6.35. The van der Waals surface area contributed by atoms with Gasteiger partial charge in [-0.15, -0.1) is 0 Å². The van der Waals surface area contributed by atoms with E-state index in [2.05, 4.69) is 10.3 Å². The summed E-state index contributed by atoms with van der Waals surface area (Å²) in [6, 6.07) is 7.29. The lowest BCUT2D eigenvalue weighted by atomic mass is 9.95. The summed E-state index contributed by atoms with van der Waals surface area (Å²) in [5, 5.41) is 14.4. The fourth-order valence-corrected chi connectivity index (χ4v) is 3.32. The van der Waals surface area contributed by atoms with E-state index in [4.69, 9.17) is 11.6 Å². The molecule has 0 fully saturated rings. The highest BCUT2D eigenvalue weighted by Crippen LogP contribution is 2.38. The molecule has 0 saturated carbocycles. The number of rotatable bonds is 5. The highest BCUT2D eigenvalue weighted by Gasteiger charge is 2.24. The van der Waals surface area contributed by atoms with Crippen LogP contribution in [0.3, 0.4) is 0 Å². The van der Waals surface area contributed by atoms with Crippen molar-refractivity contribution in [3.8, 4) is 5.75 Å². The summed E-state index contributed by atoms with van der Waals surface area (Å²) in [5.74, 6) is -2.43. The van der Waals surface area contributed by atoms with Gasteiger partial charge in [0.05, 0.1) is 11.1 Å². The fourth-order valence-electron chi connectivity index (χ4n) is 3.05. The Bertz CT molecular complexity index is 1040. The van der Waals surface area contributed by atoms with E-state index in [1.165, 1.54) is 18.3 Å². The van der Waals surface area contributed by atoms with E-state index in [9.17, 15) is 18.7 Å². The Labute approximate surface area is 166 Å². The van der Waals surface area contributed by atoms with Crippen molar-refractivity contribution in [2.75, 3.05) is 0 Å². The first-order valence-corrected chi connectivity index (χ1v) is 9.16. The van der Waals surface area contributed by atoms with Crippen molar-refractivity contribution in [3.63, 3.8) is 0 Å². The highest BCUT2D eigenvalue weighted by atomic mass is 35.5. The molecule has 28 heavy (non-hydrogen) atoms. The third-order valence-electron chi connectivity index (χ3n) is 4.33. The number of phenolic OH excluding ortho intramolecular Hbond substituents is 1. The van der Waals surface area contributed by atoms with Crippen LogP contribution in [0.5, 0.6) is 5.75 Å². The molecule has 0 aliphatic rings. The van der Waals surface area contributed by atoms with Gasteiger partial charge >= 0.3 is 0 Å². The van der Waals surface area contributed by atoms with Gasteiger partial charge in [-0.3, -0.25) is 9.78 Å². The predicted molar refractivity (Wildman–Crippen MR) is 104 cm³/mol. The molecule has 1 unspecified atom stereocenters. The second-order valence-electron chi connectivity index (χ2n) is 6.97.